The third-order valence-corrected chi connectivity index (χ3v) is 6.18. The van der Waals surface area contributed by atoms with Crippen LogP contribution in [0.1, 0.15) is 37.0 Å². The molecule has 1 aliphatic rings. The molecule has 1 aliphatic heterocycles. The molecular formula is C17H27ClN2O3S. The number of amides is 1. The zero-order valence-electron chi connectivity index (χ0n) is 14.3. The molecular weight excluding hydrogens is 348 g/mol. The summed E-state index contributed by atoms with van der Waals surface area (Å²) in [5.41, 5.74) is 0.560. The lowest BCUT2D eigenvalue weighted by atomic mass is 9.96. The summed E-state index contributed by atoms with van der Waals surface area (Å²) in [5.74, 6) is 0.697. The van der Waals surface area contributed by atoms with Crippen LogP contribution in [0.15, 0.2) is 29.2 Å². The third kappa shape index (κ3) is 5.19. The number of rotatable bonds is 6. The number of carbonyl (C=O) groups is 1. The highest BCUT2D eigenvalue weighted by molar-refractivity contribution is 7.91. The molecule has 24 heavy (non-hydrogen) atoms. The molecule has 136 valence electrons. The molecule has 1 N–H and O–H groups in total. The predicted molar refractivity (Wildman–Crippen MR) is 98.6 cm³/mol. The van der Waals surface area contributed by atoms with Crippen molar-refractivity contribution in [2.45, 2.75) is 31.6 Å². The Morgan fingerprint density at radius 2 is 1.75 bits per heavy atom. The Balaban J connectivity index is 0.00000288. The highest BCUT2D eigenvalue weighted by Crippen LogP contribution is 2.19. The normalized spacial score (nSPS) is 15.8. The molecule has 5 nitrogen and oxygen atoms in total. The lowest BCUT2D eigenvalue weighted by molar-refractivity contribution is 0.0690. The van der Waals surface area contributed by atoms with Crippen molar-refractivity contribution < 1.29 is 13.2 Å². The van der Waals surface area contributed by atoms with Crippen LogP contribution in [0.3, 0.4) is 0 Å². The second kappa shape index (κ2) is 9.39. The van der Waals surface area contributed by atoms with Gasteiger partial charge in [0.1, 0.15) is 0 Å². The van der Waals surface area contributed by atoms with Crippen LogP contribution in [0.4, 0.5) is 0 Å². The number of nitrogens with zero attached hydrogens (tertiary/aromatic N) is 1. The fraction of sp³-hybridized carbons (Fsp3) is 0.588. The average molecular weight is 375 g/mol. The fourth-order valence-electron chi connectivity index (χ4n) is 2.84. The van der Waals surface area contributed by atoms with Crippen LogP contribution in [0.2, 0.25) is 0 Å². The van der Waals surface area contributed by atoms with Gasteiger partial charge in [-0.05, 0) is 56.1 Å². The molecule has 1 heterocycles. The second-order valence-electron chi connectivity index (χ2n) is 5.97. The Bertz CT molecular complexity index is 624. The maximum atomic E-state index is 12.5. The molecule has 0 unspecified atom stereocenters. The quantitative estimate of drug-likeness (QED) is 0.830. The van der Waals surface area contributed by atoms with Crippen LogP contribution in [0, 0.1) is 5.92 Å². The van der Waals surface area contributed by atoms with Crippen molar-refractivity contribution >= 4 is 28.2 Å². The molecule has 0 aliphatic carbocycles. The van der Waals surface area contributed by atoms with E-state index in [9.17, 15) is 13.2 Å². The summed E-state index contributed by atoms with van der Waals surface area (Å²) in [6, 6.07) is 6.30. The number of hydrogen-bond donors (Lipinski definition) is 1. The Kier molecular flexibility index (Phi) is 8.19. The zero-order chi connectivity index (χ0) is 16.9. The Morgan fingerprint density at radius 3 is 2.25 bits per heavy atom. The first-order valence-electron chi connectivity index (χ1n) is 8.30. The minimum absolute atomic E-state index is 0. The van der Waals surface area contributed by atoms with Gasteiger partial charge in [0.05, 0.1) is 10.6 Å². The lowest BCUT2D eigenvalue weighted by Gasteiger charge is -2.32. The van der Waals surface area contributed by atoms with Crippen molar-refractivity contribution in [1.82, 2.24) is 10.2 Å². The highest BCUT2D eigenvalue weighted by atomic mass is 35.5. The van der Waals surface area contributed by atoms with Crippen LogP contribution in [-0.2, 0) is 9.84 Å². The zero-order valence-corrected chi connectivity index (χ0v) is 16.0. The summed E-state index contributed by atoms with van der Waals surface area (Å²) < 4.78 is 23.6. The topological polar surface area (TPSA) is 66.5 Å². The minimum Gasteiger partial charge on any atom is -0.339 e. The average Bonchev–Trinajstić information content (AvgIpc) is 2.60. The Morgan fingerprint density at radius 1 is 1.17 bits per heavy atom. The van der Waals surface area contributed by atoms with E-state index in [2.05, 4.69) is 12.2 Å². The van der Waals surface area contributed by atoms with E-state index in [1.807, 2.05) is 4.90 Å². The van der Waals surface area contributed by atoms with E-state index >= 15 is 0 Å². The number of sulfone groups is 1. The van der Waals surface area contributed by atoms with Gasteiger partial charge in [0, 0.05) is 18.7 Å². The lowest BCUT2D eigenvalue weighted by Crippen LogP contribution is -2.40. The van der Waals surface area contributed by atoms with Gasteiger partial charge in [0.15, 0.2) is 9.84 Å². The monoisotopic (exact) mass is 374 g/mol. The molecule has 0 saturated carbocycles. The van der Waals surface area contributed by atoms with Gasteiger partial charge in [-0.25, -0.2) is 8.42 Å². The summed E-state index contributed by atoms with van der Waals surface area (Å²) in [6.45, 7) is 7.25. The first kappa shape index (κ1) is 20.9. The van der Waals surface area contributed by atoms with Gasteiger partial charge in [-0.2, -0.15) is 0 Å². The van der Waals surface area contributed by atoms with Crippen LogP contribution in [0.25, 0.3) is 0 Å². The minimum atomic E-state index is -3.21. The van der Waals surface area contributed by atoms with E-state index in [0.29, 0.717) is 11.5 Å². The molecule has 1 amide bonds. The van der Waals surface area contributed by atoms with E-state index in [-0.39, 0.29) is 29.0 Å². The van der Waals surface area contributed by atoms with Gasteiger partial charge < -0.3 is 10.2 Å². The maximum absolute atomic E-state index is 12.5. The summed E-state index contributed by atoms with van der Waals surface area (Å²) in [5, 5.41) is 3.36. The van der Waals surface area contributed by atoms with E-state index in [4.69, 9.17) is 0 Å². The van der Waals surface area contributed by atoms with E-state index < -0.39 is 9.84 Å². The third-order valence-electron chi connectivity index (χ3n) is 4.43. The molecule has 2 rings (SSSR count). The molecule has 1 saturated heterocycles. The van der Waals surface area contributed by atoms with Crippen molar-refractivity contribution in [3.63, 3.8) is 0 Å². The van der Waals surface area contributed by atoms with Crippen LogP contribution < -0.4 is 5.32 Å². The number of carbonyl (C=O) groups excluding carboxylic acids is 1. The number of benzene rings is 1. The largest absolute Gasteiger partial charge is 0.339 e. The SMILES string of the molecule is CCNCC1CCN(C(=O)c2ccc(S(=O)(=O)CC)cc2)CC1.Cl. The van der Waals surface area contributed by atoms with Gasteiger partial charge in [0.2, 0.25) is 0 Å². The smallest absolute Gasteiger partial charge is 0.253 e. The van der Waals surface area contributed by atoms with Crippen LogP contribution >= 0.6 is 12.4 Å². The van der Waals surface area contributed by atoms with Crippen molar-refractivity contribution in [3.8, 4) is 0 Å². The summed E-state index contributed by atoms with van der Waals surface area (Å²) in [4.78, 5) is 14.7. The van der Waals surface area contributed by atoms with E-state index in [0.717, 1.165) is 39.0 Å². The van der Waals surface area contributed by atoms with Crippen LogP contribution in [0.5, 0.6) is 0 Å². The molecule has 7 heteroatoms. The van der Waals surface area contributed by atoms with Gasteiger partial charge in [-0.15, -0.1) is 12.4 Å². The standard InChI is InChI=1S/C17H26N2O3S.ClH/c1-3-18-13-14-9-11-19(12-10-14)17(20)15-5-7-16(8-6-15)23(21,22)4-2;/h5-8,14,18H,3-4,9-13H2,1-2H3;1H. The molecule has 1 fully saturated rings. The molecule has 1 aromatic carbocycles. The van der Waals surface area contributed by atoms with Gasteiger partial charge in [0.25, 0.3) is 5.91 Å². The maximum Gasteiger partial charge on any atom is 0.253 e. The molecule has 0 radical (unpaired) electrons. The molecule has 0 atom stereocenters. The summed E-state index contributed by atoms with van der Waals surface area (Å²) in [6.07, 6.45) is 2.03. The van der Waals surface area contributed by atoms with Gasteiger partial charge in [-0.3, -0.25) is 4.79 Å². The van der Waals surface area contributed by atoms with Crippen molar-refractivity contribution in [3.05, 3.63) is 29.8 Å². The summed E-state index contributed by atoms with van der Waals surface area (Å²) in [7, 11) is -3.21. The Hall–Kier alpha value is -1.11. The van der Waals surface area contributed by atoms with Crippen molar-refractivity contribution in [2.75, 3.05) is 31.9 Å². The number of hydrogen-bond acceptors (Lipinski definition) is 4. The molecule has 0 spiro atoms. The number of piperidine rings is 1. The number of likely N-dealkylation sites (tertiary alicyclic amines) is 1. The molecule has 0 aromatic heterocycles. The number of halogens is 1. The van der Waals surface area contributed by atoms with E-state index in [1.54, 1.807) is 19.1 Å². The van der Waals surface area contributed by atoms with Crippen molar-refractivity contribution in [1.29, 1.82) is 0 Å². The molecule has 0 bridgehead atoms. The second-order valence-corrected chi connectivity index (χ2v) is 8.25. The van der Waals surface area contributed by atoms with Crippen LogP contribution in [-0.4, -0.2) is 51.2 Å². The number of nitrogens with one attached hydrogen (secondary N) is 1. The van der Waals surface area contributed by atoms with Gasteiger partial charge in [-0.1, -0.05) is 13.8 Å². The van der Waals surface area contributed by atoms with E-state index in [1.165, 1.54) is 12.1 Å². The van der Waals surface area contributed by atoms with Gasteiger partial charge >= 0.3 is 0 Å². The first-order valence-corrected chi connectivity index (χ1v) is 9.96. The van der Waals surface area contributed by atoms with Crippen molar-refractivity contribution in [2.24, 2.45) is 5.92 Å². The fourth-order valence-corrected chi connectivity index (χ4v) is 3.73. The first-order chi connectivity index (χ1) is 11.0. The predicted octanol–water partition coefficient (Wildman–Crippen LogP) is 2.36. The highest BCUT2D eigenvalue weighted by Gasteiger charge is 2.23. The molecule has 1 aromatic rings. The Labute approximate surface area is 151 Å². The summed E-state index contributed by atoms with van der Waals surface area (Å²) >= 11 is 0.